The van der Waals surface area contributed by atoms with Gasteiger partial charge in [-0.1, -0.05) is 83.4 Å². The molecular weight excluding hydrogens is 687 g/mol. The molecule has 0 aromatic heterocycles. The molecule has 0 nitrogen and oxygen atoms in total. The average molecular weight is 735 g/mol. The zero-order valence-corrected chi connectivity index (χ0v) is 30.6. The van der Waals surface area contributed by atoms with Crippen molar-refractivity contribution >= 4 is 48.0 Å². The Bertz CT molecular complexity index is 1010. The van der Waals surface area contributed by atoms with Crippen molar-refractivity contribution in [3.05, 3.63) is 72.8 Å². The fourth-order valence-electron chi connectivity index (χ4n) is 4.97. The molecule has 0 fully saturated rings. The monoisotopic (exact) mass is 736 g/mol. The van der Waals surface area contributed by atoms with Gasteiger partial charge in [-0.25, -0.2) is 0 Å². The zero-order valence-electron chi connectivity index (χ0n) is 25.2. The SMILES string of the molecule is CC(C)CP(CC(C)C)c1cc2ccccc2[cH-]1.CC(C)CP(CC(C)C)c1cc2ccccc2[cH-]1.[F-].[F-].[Hf+4]. The molecule has 0 N–H and O–H groups in total. The molecule has 0 amide bonds. The summed E-state index contributed by atoms with van der Waals surface area (Å²) in [6.45, 7) is 18.8. The van der Waals surface area contributed by atoms with Gasteiger partial charge in [-0.3, -0.25) is 0 Å². The van der Waals surface area contributed by atoms with E-state index < -0.39 is 0 Å². The third-order valence-electron chi connectivity index (χ3n) is 6.28. The van der Waals surface area contributed by atoms with Crippen LogP contribution >= 0.6 is 15.8 Å². The molecule has 0 atom stereocenters. The predicted octanol–water partition coefficient (Wildman–Crippen LogP) is 3.96. The maximum absolute atomic E-state index is 2.42. The van der Waals surface area contributed by atoms with Crippen LogP contribution in [-0.4, -0.2) is 24.6 Å². The van der Waals surface area contributed by atoms with Gasteiger partial charge < -0.3 is 9.41 Å². The molecule has 0 aliphatic rings. The van der Waals surface area contributed by atoms with Gasteiger partial charge in [0, 0.05) is 0 Å². The number of hydrogen-bond acceptors (Lipinski definition) is 0. The molecule has 0 spiro atoms. The van der Waals surface area contributed by atoms with E-state index in [1.807, 2.05) is 0 Å². The minimum absolute atomic E-state index is 0. The van der Waals surface area contributed by atoms with Gasteiger partial charge >= 0.3 is 25.8 Å². The van der Waals surface area contributed by atoms with Crippen molar-refractivity contribution in [2.75, 3.05) is 24.6 Å². The molecular formula is C34H48F2HfP2. The minimum Gasteiger partial charge on any atom is -1.00 e. The quantitative estimate of drug-likeness (QED) is 0.132. The first-order chi connectivity index (χ1) is 17.1. The first-order valence-electron chi connectivity index (χ1n) is 13.9. The molecule has 4 aromatic rings. The van der Waals surface area contributed by atoms with Gasteiger partial charge in [-0.05, 0) is 48.3 Å². The number of benzene rings is 2. The topological polar surface area (TPSA) is 0 Å². The number of fused-ring (bicyclic) bond motifs is 2. The second-order valence-corrected chi connectivity index (χ2v) is 16.7. The molecule has 212 valence electrons. The van der Waals surface area contributed by atoms with E-state index in [1.54, 1.807) is 10.6 Å². The summed E-state index contributed by atoms with van der Waals surface area (Å²) in [7, 11) is 0.0370. The van der Waals surface area contributed by atoms with E-state index in [1.165, 1.54) is 46.2 Å². The van der Waals surface area contributed by atoms with Crippen molar-refractivity contribution in [2.45, 2.75) is 55.4 Å². The van der Waals surface area contributed by atoms with Gasteiger partial charge in [0.15, 0.2) is 0 Å². The molecule has 0 unspecified atom stereocenters. The van der Waals surface area contributed by atoms with Crippen LogP contribution < -0.4 is 20.0 Å². The summed E-state index contributed by atoms with van der Waals surface area (Å²) in [6, 6.07) is 27.2. The van der Waals surface area contributed by atoms with Crippen LogP contribution in [0.3, 0.4) is 0 Å². The van der Waals surface area contributed by atoms with Crippen molar-refractivity contribution in [3.63, 3.8) is 0 Å². The predicted molar refractivity (Wildman–Crippen MR) is 171 cm³/mol. The third-order valence-corrected chi connectivity index (χ3v) is 12.9. The summed E-state index contributed by atoms with van der Waals surface area (Å²) in [6.07, 6.45) is 5.46. The second-order valence-electron chi connectivity index (χ2n) is 12.1. The van der Waals surface area contributed by atoms with Crippen LogP contribution in [0, 0.1) is 23.7 Å². The Morgan fingerprint density at radius 2 is 0.795 bits per heavy atom. The largest absolute Gasteiger partial charge is 4.00 e. The summed E-state index contributed by atoms with van der Waals surface area (Å²) < 4.78 is 0. The van der Waals surface area contributed by atoms with Gasteiger partial charge in [-0.2, -0.15) is 12.1 Å². The standard InChI is InChI=1S/2C17H24P.2FH.Hf/c2*1-13(2)11-18(12-14(3)4)17-9-15-7-5-6-8-16(15)10-17;;;/h2*5-10,13-14H,11-12H2,1-4H3;2*1H;/q2*-1;;;+4/p-2. The number of rotatable bonds is 10. The first-order valence-corrected chi connectivity index (χ1v) is 17.4. The summed E-state index contributed by atoms with van der Waals surface area (Å²) in [5.41, 5.74) is 0. The Morgan fingerprint density at radius 1 is 0.513 bits per heavy atom. The van der Waals surface area contributed by atoms with E-state index in [0.29, 0.717) is 0 Å². The van der Waals surface area contributed by atoms with Crippen LogP contribution in [0.15, 0.2) is 72.8 Å². The molecule has 0 radical (unpaired) electrons. The van der Waals surface area contributed by atoms with Gasteiger partial charge in [0.2, 0.25) is 0 Å². The van der Waals surface area contributed by atoms with Gasteiger partial charge in [0.05, 0.1) is 0 Å². The third kappa shape index (κ3) is 12.3. The molecule has 39 heavy (non-hydrogen) atoms. The van der Waals surface area contributed by atoms with Gasteiger partial charge in [0.1, 0.15) is 0 Å². The molecule has 4 rings (SSSR count). The van der Waals surface area contributed by atoms with Crippen molar-refractivity contribution in [1.82, 2.24) is 0 Å². The smallest absolute Gasteiger partial charge is 1.00 e. The summed E-state index contributed by atoms with van der Waals surface area (Å²) in [5.74, 6) is 3.20. The molecule has 0 aliphatic carbocycles. The van der Waals surface area contributed by atoms with E-state index in [2.05, 4.69) is 128 Å². The maximum Gasteiger partial charge on any atom is 4.00 e. The van der Waals surface area contributed by atoms with Gasteiger partial charge in [0.25, 0.3) is 0 Å². The molecule has 0 bridgehead atoms. The molecule has 4 aromatic carbocycles. The molecule has 0 saturated carbocycles. The zero-order chi connectivity index (χ0) is 26.2. The summed E-state index contributed by atoms with van der Waals surface area (Å²) in [4.78, 5) is 0. The molecule has 5 heteroatoms. The number of hydrogen-bond donors (Lipinski definition) is 0. The van der Waals surface area contributed by atoms with Crippen molar-refractivity contribution in [2.24, 2.45) is 23.7 Å². The van der Waals surface area contributed by atoms with E-state index in [-0.39, 0.29) is 51.1 Å². The van der Waals surface area contributed by atoms with Crippen molar-refractivity contribution in [3.8, 4) is 0 Å². The van der Waals surface area contributed by atoms with E-state index in [4.69, 9.17) is 0 Å². The Balaban J connectivity index is 0.000000688. The van der Waals surface area contributed by atoms with Crippen LogP contribution in [-0.2, 0) is 25.8 Å². The first kappa shape index (κ1) is 38.3. The van der Waals surface area contributed by atoms with Gasteiger partial charge in [-0.15, -0.1) is 80.7 Å². The van der Waals surface area contributed by atoms with Crippen LogP contribution in [0.2, 0.25) is 0 Å². The fraction of sp³-hybridized carbons (Fsp3) is 0.471. The normalized spacial score (nSPS) is 11.2. The maximum atomic E-state index is 2.42. The van der Waals surface area contributed by atoms with Crippen LogP contribution in [0.1, 0.15) is 55.4 Å². The molecule has 0 saturated heterocycles. The van der Waals surface area contributed by atoms with Crippen molar-refractivity contribution in [1.29, 1.82) is 0 Å². The van der Waals surface area contributed by atoms with E-state index in [0.717, 1.165) is 23.7 Å². The Hall–Kier alpha value is -0.750. The second kappa shape index (κ2) is 18.6. The summed E-state index contributed by atoms with van der Waals surface area (Å²) >= 11 is 0. The van der Waals surface area contributed by atoms with E-state index >= 15 is 0 Å². The van der Waals surface area contributed by atoms with E-state index in [9.17, 15) is 0 Å². The average Bonchev–Trinajstić information content (AvgIpc) is 3.42. The Kier molecular flexibility index (Phi) is 18.3. The van der Waals surface area contributed by atoms with Crippen molar-refractivity contribution < 1.29 is 35.3 Å². The Labute approximate surface area is 258 Å². The van der Waals surface area contributed by atoms with Crippen LogP contribution in [0.25, 0.3) is 21.5 Å². The van der Waals surface area contributed by atoms with Crippen LogP contribution in [0.5, 0.6) is 0 Å². The fourth-order valence-corrected chi connectivity index (χ4v) is 10.9. The summed E-state index contributed by atoms with van der Waals surface area (Å²) in [5, 5.41) is 8.85. The molecule has 0 aliphatic heterocycles. The van der Waals surface area contributed by atoms with Crippen LogP contribution in [0.4, 0.5) is 0 Å². The Morgan fingerprint density at radius 3 is 1.05 bits per heavy atom. The molecule has 0 heterocycles. The minimum atomic E-state index is 0. The number of halogens is 2.